The Morgan fingerprint density at radius 2 is 2.00 bits per heavy atom. The molecule has 2 nitrogen and oxygen atoms in total. The van der Waals surface area contributed by atoms with E-state index in [-0.39, 0.29) is 16.7 Å². The van der Waals surface area contributed by atoms with Gasteiger partial charge in [-0.3, -0.25) is 4.79 Å². The molecule has 2 fully saturated rings. The topological polar surface area (TPSA) is 37.3 Å². The van der Waals surface area contributed by atoms with Crippen LogP contribution in [-0.2, 0) is 4.79 Å². The molecular weight excluding hydrogens is 272 g/mol. The van der Waals surface area contributed by atoms with E-state index >= 15 is 0 Å². The Labute approximate surface area is 136 Å². The quantitative estimate of drug-likeness (QED) is 0.760. The number of hydrogen-bond donors (Lipinski definition) is 1. The first-order chi connectivity index (χ1) is 10.1. The van der Waals surface area contributed by atoms with Crippen LogP contribution in [0.15, 0.2) is 12.7 Å². The lowest BCUT2D eigenvalue weighted by Crippen LogP contribution is -2.54. The SMILES string of the molecule is C=CC(C)(O)CCC1(C)C(C)CCC2(C)C(C)C(=O)CCC12. The van der Waals surface area contributed by atoms with Crippen LogP contribution in [0.5, 0.6) is 0 Å². The van der Waals surface area contributed by atoms with Crippen LogP contribution in [-0.4, -0.2) is 16.5 Å². The van der Waals surface area contributed by atoms with Crippen LogP contribution in [0.25, 0.3) is 0 Å². The van der Waals surface area contributed by atoms with Crippen molar-refractivity contribution >= 4 is 5.78 Å². The molecule has 0 saturated heterocycles. The summed E-state index contributed by atoms with van der Waals surface area (Å²) in [5.74, 6) is 1.86. The fourth-order valence-corrected chi connectivity index (χ4v) is 5.22. The number of rotatable bonds is 4. The summed E-state index contributed by atoms with van der Waals surface area (Å²) in [7, 11) is 0. The normalized spacial score (nSPS) is 45.0. The molecular formula is C20H34O2. The van der Waals surface area contributed by atoms with Gasteiger partial charge in [-0.25, -0.2) is 0 Å². The molecule has 2 aliphatic rings. The summed E-state index contributed by atoms with van der Waals surface area (Å²) < 4.78 is 0. The Balaban J connectivity index is 2.28. The van der Waals surface area contributed by atoms with Gasteiger partial charge in [0.15, 0.2) is 0 Å². The number of carbonyl (C=O) groups excluding carboxylic acids is 1. The molecule has 1 N–H and O–H groups in total. The number of aliphatic hydroxyl groups is 1. The van der Waals surface area contributed by atoms with Crippen LogP contribution in [0.2, 0.25) is 0 Å². The van der Waals surface area contributed by atoms with Crippen molar-refractivity contribution in [1.29, 1.82) is 0 Å². The van der Waals surface area contributed by atoms with Crippen molar-refractivity contribution in [3.8, 4) is 0 Å². The molecule has 0 aromatic rings. The van der Waals surface area contributed by atoms with Gasteiger partial charge in [0, 0.05) is 12.3 Å². The maximum Gasteiger partial charge on any atom is 0.136 e. The predicted molar refractivity (Wildman–Crippen MR) is 91.6 cm³/mol. The zero-order chi connectivity index (χ0) is 16.8. The smallest absolute Gasteiger partial charge is 0.136 e. The molecule has 0 aliphatic heterocycles. The average Bonchev–Trinajstić information content (AvgIpc) is 2.47. The van der Waals surface area contributed by atoms with Crippen LogP contribution in [0, 0.1) is 28.6 Å². The van der Waals surface area contributed by atoms with E-state index in [0.717, 1.165) is 25.7 Å². The van der Waals surface area contributed by atoms with E-state index in [0.29, 0.717) is 17.6 Å². The molecule has 0 heterocycles. The highest BCUT2D eigenvalue weighted by Crippen LogP contribution is 2.62. The van der Waals surface area contributed by atoms with Crippen molar-refractivity contribution in [3.05, 3.63) is 12.7 Å². The molecule has 2 saturated carbocycles. The zero-order valence-electron chi connectivity index (χ0n) is 15.1. The van der Waals surface area contributed by atoms with Crippen LogP contribution in [0.4, 0.5) is 0 Å². The lowest BCUT2D eigenvalue weighted by Gasteiger charge is -2.60. The molecule has 0 bridgehead atoms. The van der Waals surface area contributed by atoms with Crippen molar-refractivity contribution < 1.29 is 9.90 Å². The highest BCUT2D eigenvalue weighted by molar-refractivity contribution is 5.82. The highest BCUT2D eigenvalue weighted by atomic mass is 16.3. The molecule has 2 rings (SSSR count). The Morgan fingerprint density at radius 3 is 2.59 bits per heavy atom. The molecule has 2 aliphatic carbocycles. The first kappa shape index (κ1) is 17.7. The van der Waals surface area contributed by atoms with Crippen molar-refractivity contribution in [2.24, 2.45) is 28.6 Å². The monoisotopic (exact) mass is 306 g/mol. The largest absolute Gasteiger partial charge is 0.386 e. The van der Waals surface area contributed by atoms with Gasteiger partial charge in [0.25, 0.3) is 0 Å². The molecule has 22 heavy (non-hydrogen) atoms. The van der Waals surface area contributed by atoms with Crippen LogP contribution < -0.4 is 0 Å². The number of hydrogen-bond acceptors (Lipinski definition) is 2. The van der Waals surface area contributed by atoms with Gasteiger partial charge in [-0.1, -0.05) is 33.8 Å². The molecule has 0 spiro atoms. The van der Waals surface area contributed by atoms with Crippen LogP contribution >= 0.6 is 0 Å². The van der Waals surface area contributed by atoms with Crippen molar-refractivity contribution in [3.63, 3.8) is 0 Å². The standard InChI is InChI=1S/C20H34O2/c1-7-18(4,22)12-13-19(5)14(2)10-11-20(6)15(3)16(21)8-9-17(19)20/h7,14-15,17,22H,1,8-13H2,2-6H3. The summed E-state index contributed by atoms with van der Waals surface area (Å²) in [5, 5.41) is 10.3. The number of fused-ring (bicyclic) bond motifs is 1. The van der Waals surface area contributed by atoms with Gasteiger partial charge in [-0.15, -0.1) is 6.58 Å². The lowest BCUT2D eigenvalue weighted by atomic mass is 9.44. The van der Waals surface area contributed by atoms with Gasteiger partial charge in [0.1, 0.15) is 5.78 Å². The number of carbonyl (C=O) groups is 1. The average molecular weight is 306 g/mol. The van der Waals surface area contributed by atoms with Crippen molar-refractivity contribution in [2.75, 3.05) is 0 Å². The summed E-state index contributed by atoms with van der Waals surface area (Å²) in [6.45, 7) is 14.9. The van der Waals surface area contributed by atoms with E-state index in [4.69, 9.17) is 0 Å². The third-order valence-corrected chi connectivity index (χ3v) is 7.60. The molecule has 2 heteroatoms. The molecule has 0 amide bonds. The Bertz CT molecular complexity index is 453. The van der Waals surface area contributed by atoms with E-state index in [2.05, 4.69) is 34.3 Å². The maximum absolute atomic E-state index is 12.3. The minimum absolute atomic E-state index is 0.136. The summed E-state index contributed by atoms with van der Waals surface area (Å²) in [4.78, 5) is 12.3. The minimum Gasteiger partial charge on any atom is -0.386 e. The zero-order valence-corrected chi connectivity index (χ0v) is 15.1. The Morgan fingerprint density at radius 1 is 1.36 bits per heavy atom. The fraction of sp³-hybridized carbons (Fsp3) is 0.850. The Kier molecular flexibility index (Phi) is 4.65. The molecule has 6 atom stereocenters. The first-order valence-corrected chi connectivity index (χ1v) is 8.95. The van der Waals surface area contributed by atoms with E-state index < -0.39 is 5.60 Å². The molecule has 6 unspecified atom stereocenters. The van der Waals surface area contributed by atoms with Gasteiger partial charge >= 0.3 is 0 Å². The summed E-state index contributed by atoms with van der Waals surface area (Å²) in [6, 6.07) is 0. The minimum atomic E-state index is -0.785. The Hall–Kier alpha value is -0.630. The third-order valence-electron chi connectivity index (χ3n) is 7.60. The van der Waals surface area contributed by atoms with E-state index in [1.54, 1.807) is 6.08 Å². The van der Waals surface area contributed by atoms with E-state index in [9.17, 15) is 9.90 Å². The van der Waals surface area contributed by atoms with Crippen LogP contribution in [0.3, 0.4) is 0 Å². The molecule has 126 valence electrons. The van der Waals surface area contributed by atoms with Crippen molar-refractivity contribution in [2.45, 2.75) is 78.7 Å². The van der Waals surface area contributed by atoms with Gasteiger partial charge in [0.2, 0.25) is 0 Å². The maximum atomic E-state index is 12.3. The predicted octanol–water partition coefficient (Wildman–Crippen LogP) is 4.76. The second-order valence-electron chi connectivity index (χ2n) is 8.79. The van der Waals surface area contributed by atoms with Gasteiger partial charge < -0.3 is 5.11 Å². The van der Waals surface area contributed by atoms with Crippen molar-refractivity contribution in [1.82, 2.24) is 0 Å². The number of Topliss-reactive ketones (excluding diaryl/α,β-unsaturated/α-hetero) is 1. The fourth-order valence-electron chi connectivity index (χ4n) is 5.22. The van der Waals surface area contributed by atoms with Crippen LogP contribution in [0.1, 0.15) is 73.1 Å². The third kappa shape index (κ3) is 2.79. The molecule has 0 aromatic carbocycles. The summed E-state index contributed by atoms with van der Waals surface area (Å²) >= 11 is 0. The van der Waals surface area contributed by atoms with Gasteiger partial charge in [-0.05, 0) is 61.7 Å². The summed E-state index contributed by atoms with van der Waals surface area (Å²) in [5.41, 5.74) is -0.446. The van der Waals surface area contributed by atoms with E-state index in [1.165, 1.54) is 12.8 Å². The second kappa shape index (κ2) is 5.78. The molecule has 0 radical (unpaired) electrons. The second-order valence-corrected chi connectivity index (χ2v) is 8.79. The molecule has 0 aromatic heterocycles. The summed E-state index contributed by atoms with van der Waals surface area (Å²) in [6.07, 6.45) is 7.55. The van der Waals surface area contributed by atoms with Gasteiger partial charge in [0.05, 0.1) is 5.60 Å². The van der Waals surface area contributed by atoms with E-state index in [1.807, 2.05) is 6.92 Å². The first-order valence-electron chi connectivity index (χ1n) is 8.95. The highest BCUT2D eigenvalue weighted by Gasteiger charge is 2.56. The van der Waals surface area contributed by atoms with Gasteiger partial charge in [-0.2, -0.15) is 0 Å². The lowest BCUT2D eigenvalue weighted by molar-refractivity contribution is -0.149. The number of ketones is 1.